The van der Waals surface area contributed by atoms with Crippen molar-refractivity contribution in [3.05, 3.63) is 77.9 Å². The minimum absolute atomic E-state index is 0.372. The van der Waals surface area contributed by atoms with Crippen LogP contribution in [-0.4, -0.2) is 22.7 Å². The molecule has 1 atom stereocenters. The smallest absolute Gasteiger partial charge is 0.320 e. The van der Waals surface area contributed by atoms with E-state index in [0.29, 0.717) is 17.1 Å². The molecule has 3 rings (SSSR count). The first-order chi connectivity index (χ1) is 13.1. The van der Waals surface area contributed by atoms with Crippen molar-refractivity contribution in [3.63, 3.8) is 0 Å². The number of hydrogen-bond acceptors (Lipinski definition) is 4. The lowest BCUT2D eigenvalue weighted by molar-refractivity contribution is 0.249. The van der Waals surface area contributed by atoms with E-state index in [4.69, 9.17) is 10.00 Å². The van der Waals surface area contributed by atoms with Gasteiger partial charge in [-0.3, -0.25) is 0 Å². The zero-order chi connectivity index (χ0) is 19.2. The number of ether oxygens (including phenoxy) is 1. The number of nitrogens with zero attached hydrogens (tertiary/aromatic N) is 3. The quantitative estimate of drug-likeness (QED) is 0.730. The summed E-state index contributed by atoms with van der Waals surface area (Å²) >= 11 is 0. The molecule has 2 aromatic carbocycles. The zero-order valence-electron chi connectivity index (χ0n) is 15.0. The van der Waals surface area contributed by atoms with E-state index in [0.717, 1.165) is 11.3 Å². The molecule has 136 valence electrons. The highest BCUT2D eigenvalue weighted by Crippen LogP contribution is 2.23. The summed E-state index contributed by atoms with van der Waals surface area (Å²) < 4.78 is 7.06. The van der Waals surface area contributed by atoms with Gasteiger partial charge in [0, 0.05) is 25.1 Å². The van der Waals surface area contributed by atoms with Gasteiger partial charge in [-0.1, -0.05) is 12.1 Å². The molecule has 0 radical (unpaired) electrons. The number of nitrogens with one attached hydrogen (secondary N) is 2. The van der Waals surface area contributed by atoms with Gasteiger partial charge in [0.05, 0.1) is 18.7 Å². The third kappa shape index (κ3) is 4.25. The highest BCUT2D eigenvalue weighted by Gasteiger charge is 2.21. The molecule has 0 aliphatic heterocycles. The Morgan fingerprint density at radius 3 is 2.44 bits per heavy atom. The van der Waals surface area contributed by atoms with Crippen LogP contribution in [0.3, 0.4) is 0 Å². The predicted octanol–water partition coefficient (Wildman–Crippen LogP) is 3.21. The van der Waals surface area contributed by atoms with Crippen LogP contribution in [0.25, 0.3) is 0 Å². The van der Waals surface area contributed by atoms with E-state index in [9.17, 15) is 4.79 Å². The monoisotopic (exact) mass is 361 g/mol. The minimum atomic E-state index is -0.436. The number of benzene rings is 2. The van der Waals surface area contributed by atoms with Crippen LogP contribution in [-0.2, 0) is 7.05 Å². The second-order valence-corrected chi connectivity index (χ2v) is 5.89. The van der Waals surface area contributed by atoms with E-state index in [2.05, 4.69) is 15.6 Å². The zero-order valence-corrected chi connectivity index (χ0v) is 15.0. The van der Waals surface area contributed by atoms with Gasteiger partial charge in [0.15, 0.2) is 0 Å². The number of aryl methyl sites for hydroxylation is 1. The molecule has 7 nitrogen and oxygen atoms in total. The highest BCUT2D eigenvalue weighted by molar-refractivity contribution is 5.89. The van der Waals surface area contributed by atoms with Crippen LogP contribution < -0.4 is 15.4 Å². The molecule has 7 heteroatoms. The van der Waals surface area contributed by atoms with Gasteiger partial charge < -0.3 is 19.9 Å². The summed E-state index contributed by atoms with van der Waals surface area (Å²) in [6.45, 7) is 0. The van der Waals surface area contributed by atoms with Crippen molar-refractivity contribution in [1.82, 2.24) is 14.9 Å². The molecule has 1 heterocycles. The summed E-state index contributed by atoms with van der Waals surface area (Å²) in [5.74, 6) is 1.44. The van der Waals surface area contributed by atoms with Crippen molar-refractivity contribution < 1.29 is 9.53 Å². The lowest BCUT2D eigenvalue weighted by atomic mass is 10.1. The number of carbonyl (C=O) groups excluding carboxylic acids is 1. The van der Waals surface area contributed by atoms with Crippen LogP contribution >= 0.6 is 0 Å². The Morgan fingerprint density at radius 1 is 1.19 bits per heavy atom. The minimum Gasteiger partial charge on any atom is -0.497 e. The second kappa shape index (κ2) is 8.06. The van der Waals surface area contributed by atoms with Crippen LogP contribution in [0.4, 0.5) is 10.5 Å². The van der Waals surface area contributed by atoms with Crippen molar-refractivity contribution in [1.29, 1.82) is 5.26 Å². The number of anilines is 1. The number of aromatic nitrogens is 2. The van der Waals surface area contributed by atoms with Crippen LogP contribution in [0.15, 0.2) is 60.9 Å². The van der Waals surface area contributed by atoms with Crippen molar-refractivity contribution in [3.8, 4) is 11.8 Å². The first kappa shape index (κ1) is 18.0. The maximum atomic E-state index is 12.5. The number of rotatable bonds is 5. The molecule has 1 aromatic heterocycles. The van der Waals surface area contributed by atoms with Gasteiger partial charge in [-0.2, -0.15) is 5.26 Å². The molecule has 0 spiro atoms. The van der Waals surface area contributed by atoms with Crippen molar-refractivity contribution in [2.45, 2.75) is 6.04 Å². The Morgan fingerprint density at radius 2 is 1.89 bits per heavy atom. The lowest BCUT2D eigenvalue weighted by Gasteiger charge is -2.20. The van der Waals surface area contributed by atoms with Crippen molar-refractivity contribution >= 4 is 11.7 Å². The predicted molar refractivity (Wildman–Crippen MR) is 101 cm³/mol. The fourth-order valence-electron chi connectivity index (χ4n) is 2.67. The first-order valence-electron chi connectivity index (χ1n) is 8.29. The van der Waals surface area contributed by atoms with E-state index >= 15 is 0 Å². The van der Waals surface area contributed by atoms with Gasteiger partial charge in [-0.15, -0.1) is 0 Å². The fourth-order valence-corrected chi connectivity index (χ4v) is 2.67. The highest BCUT2D eigenvalue weighted by atomic mass is 16.5. The Bertz CT molecular complexity index is 955. The van der Waals surface area contributed by atoms with Gasteiger partial charge in [-0.25, -0.2) is 9.78 Å². The van der Waals surface area contributed by atoms with E-state index in [-0.39, 0.29) is 6.03 Å². The normalized spacial score (nSPS) is 11.3. The largest absolute Gasteiger partial charge is 0.497 e. The molecule has 0 aliphatic rings. The van der Waals surface area contributed by atoms with Gasteiger partial charge in [0.2, 0.25) is 0 Å². The standard InChI is InChI=1S/C20H19N5O2/c1-25-12-11-22-19(25)18(15-5-9-17(27-2)10-6-15)24-20(26)23-16-7-3-14(13-21)4-8-16/h3-12,18H,1-2H3,(H2,23,24,26). The third-order valence-electron chi connectivity index (χ3n) is 4.11. The van der Waals surface area contributed by atoms with E-state index in [1.807, 2.05) is 48.1 Å². The van der Waals surface area contributed by atoms with Crippen LogP contribution in [0.1, 0.15) is 23.0 Å². The van der Waals surface area contributed by atoms with Crippen LogP contribution in [0.5, 0.6) is 5.75 Å². The summed E-state index contributed by atoms with van der Waals surface area (Å²) in [4.78, 5) is 16.9. The van der Waals surface area contributed by atoms with Crippen LogP contribution in [0.2, 0.25) is 0 Å². The second-order valence-electron chi connectivity index (χ2n) is 5.89. The molecular formula is C20H19N5O2. The topological polar surface area (TPSA) is 92.0 Å². The van der Waals surface area contributed by atoms with Crippen molar-refractivity contribution in [2.24, 2.45) is 7.05 Å². The summed E-state index contributed by atoms with van der Waals surface area (Å²) in [6.07, 6.45) is 3.51. The molecule has 3 aromatic rings. The molecule has 0 bridgehead atoms. The Labute approximate surface area is 157 Å². The number of hydrogen-bond donors (Lipinski definition) is 2. The summed E-state index contributed by atoms with van der Waals surface area (Å²) in [6, 6.07) is 15.4. The first-order valence-corrected chi connectivity index (χ1v) is 8.29. The molecule has 0 saturated carbocycles. The van der Waals surface area contributed by atoms with E-state index < -0.39 is 6.04 Å². The molecule has 1 unspecified atom stereocenters. The summed E-state index contributed by atoms with van der Waals surface area (Å²) in [5, 5.41) is 14.6. The number of urea groups is 1. The lowest BCUT2D eigenvalue weighted by Crippen LogP contribution is -2.34. The molecular weight excluding hydrogens is 342 g/mol. The molecule has 27 heavy (non-hydrogen) atoms. The number of amides is 2. The molecule has 2 N–H and O–H groups in total. The summed E-state index contributed by atoms with van der Waals surface area (Å²) in [5.41, 5.74) is 2.00. The number of methoxy groups -OCH3 is 1. The maximum Gasteiger partial charge on any atom is 0.320 e. The van der Waals surface area contributed by atoms with E-state index in [1.165, 1.54) is 0 Å². The average Bonchev–Trinajstić information content (AvgIpc) is 3.12. The number of nitriles is 1. The average molecular weight is 361 g/mol. The Kier molecular flexibility index (Phi) is 5.38. The Hall–Kier alpha value is -3.79. The van der Waals surface area contributed by atoms with E-state index in [1.54, 1.807) is 37.6 Å². The Balaban J connectivity index is 1.81. The maximum absolute atomic E-state index is 12.5. The molecule has 0 aliphatic carbocycles. The number of imidazole rings is 1. The van der Waals surface area contributed by atoms with Gasteiger partial charge in [-0.05, 0) is 42.0 Å². The third-order valence-corrected chi connectivity index (χ3v) is 4.11. The fraction of sp³-hybridized carbons (Fsp3) is 0.150. The van der Waals surface area contributed by atoms with Crippen molar-refractivity contribution in [2.75, 3.05) is 12.4 Å². The molecule has 0 fully saturated rings. The van der Waals surface area contributed by atoms with Gasteiger partial charge >= 0.3 is 6.03 Å². The SMILES string of the molecule is COc1ccc(C(NC(=O)Nc2ccc(C#N)cc2)c2nccn2C)cc1. The number of carbonyl (C=O) groups is 1. The summed E-state index contributed by atoms with van der Waals surface area (Å²) in [7, 11) is 3.48. The van der Waals surface area contributed by atoms with Crippen LogP contribution in [0, 0.1) is 11.3 Å². The molecule has 0 saturated heterocycles. The molecule has 2 amide bonds. The van der Waals surface area contributed by atoms with Gasteiger partial charge in [0.1, 0.15) is 17.6 Å². The van der Waals surface area contributed by atoms with Gasteiger partial charge in [0.25, 0.3) is 0 Å².